The fourth-order valence-corrected chi connectivity index (χ4v) is 2.26. The summed E-state index contributed by atoms with van der Waals surface area (Å²) < 4.78 is 18.4. The smallest absolute Gasteiger partial charge is 0.319 e. The highest BCUT2D eigenvalue weighted by Crippen LogP contribution is 2.30. The highest BCUT2D eigenvalue weighted by molar-refractivity contribution is 5.85. The van der Waals surface area contributed by atoms with Gasteiger partial charge < -0.3 is 15.4 Å². The van der Waals surface area contributed by atoms with E-state index in [1.165, 1.54) is 24.3 Å². The zero-order valence-corrected chi connectivity index (χ0v) is 12.6. The summed E-state index contributed by atoms with van der Waals surface area (Å²) in [6.07, 6.45) is 0.457. The van der Waals surface area contributed by atoms with Crippen molar-refractivity contribution in [1.82, 2.24) is 10.6 Å². The molecule has 0 bridgehead atoms. The molecule has 22 heavy (non-hydrogen) atoms. The van der Waals surface area contributed by atoms with E-state index in [0.29, 0.717) is 12.0 Å². The van der Waals surface area contributed by atoms with E-state index in [-0.39, 0.29) is 17.6 Å². The van der Waals surface area contributed by atoms with E-state index in [1.807, 2.05) is 6.92 Å². The second-order valence-electron chi connectivity index (χ2n) is 5.29. The molecule has 0 spiro atoms. The molecule has 0 aliphatic carbocycles. The molecule has 6 heteroatoms. The first-order valence-electron chi connectivity index (χ1n) is 7.14. The van der Waals surface area contributed by atoms with Gasteiger partial charge in [-0.2, -0.15) is 0 Å². The molecule has 1 aromatic carbocycles. The molecule has 2 rings (SSSR count). The van der Waals surface area contributed by atoms with E-state index in [1.54, 1.807) is 6.92 Å². The summed E-state index contributed by atoms with van der Waals surface area (Å²) in [7, 11) is 0. The summed E-state index contributed by atoms with van der Waals surface area (Å²) in [6, 6.07) is 4.53. The van der Waals surface area contributed by atoms with E-state index >= 15 is 0 Å². The fourth-order valence-electron chi connectivity index (χ4n) is 2.26. The number of hydrogen-bond donors (Lipinski definition) is 2. The lowest BCUT2D eigenvalue weighted by Crippen LogP contribution is -2.51. The summed E-state index contributed by atoms with van der Waals surface area (Å²) in [5.41, 5.74) is 0.884. The number of urea groups is 1. The molecule has 1 heterocycles. The van der Waals surface area contributed by atoms with Gasteiger partial charge in [0, 0.05) is 5.70 Å². The monoisotopic (exact) mass is 306 g/mol. The van der Waals surface area contributed by atoms with Gasteiger partial charge in [-0.3, -0.25) is 4.79 Å². The molecule has 0 radical (unpaired) electrons. The van der Waals surface area contributed by atoms with Gasteiger partial charge in [0.1, 0.15) is 11.7 Å². The average Bonchev–Trinajstić information content (AvgIpc) is 2.46. The van der Waals surface area contributed by atoms with Crippen LogP contribution in [0.3, 0.4) is 0 Å². The number of rotatable bonds is 4. The average molecular weight is 306 g/mol. The van der Waals surface area contributed by atoms with Crippen LogP contribution in [-0.2, 0) is 9.53 Å². The summed E-state index contributed by atoms with van der Waals surface area (Å²) in [4.78, 5) is 24.0. The van der Waals surface area contributed by atoms with E-state index in [9.17, 15) is 14.0 Å². The Labute approximate surface area is 128 Å². The van der Waals surface area contributed by atoms with Crippen LogP contribution in [0, 0.1) is 11.7 Å². The van der Waals surface area contributed by atoms with Crippen LogP contribution < -0.4 is 10.6 Å². The Morgan fingerprint density at radius 3 is 2.64 bits per heavy atom. The SMILES string of the molecule is C=C1NC(=O)NC(c2ccc(F)cc2)C1C(=O)OC(C)CC. The van der Waals surface area contributed by atoms with Gasteiger partial charge >= 0.3 is 12.0 Å². The highest BCUT2D eigenvalue weighted by Gasteiger charge is 2.39. The van der Waals surface area contributed by atoms with Gasteiger partial charge in [0.15, 0.2) is 0 Å². The Balaban J connectivity index is 2.29. The van der Waals surface area contributed by atoms with Crippen molar-refractivity contribution >= 4 is 12.0 Å². The first kappa shape index (κ1) is 16.0. The molecular weight excluding hydrogens is 287 g/mol. The molecular formula is C16H19FN2O3. The minimum Gasteiger partial charge on any atom is -0.462 e. The Kier molecular flexibility index (Phi) is 4.80. The normalized spacial score (nSPS) is 22.5. The zero-order valence-electron chi connectivity index (χ0n) is 12.6. The molecule has 5 nitrogen and oxygen atoms in total. The standard InChI is InChI=1S/C16H19FN2O3/c1-4-9(2)22-15(20)13-10(3)18-16(21)19-14(13)11-5-7-12(17)8-6-11/h5-9,13-14H,3-4H2,1-2H3,(H2,18,19,21). The number of halogens is 1. The maximum atomic E-state index is 13.1. The van der Waals surface area contributed by atoms with Crippen LogP contribution in [0.25, 0.3) is 0 Å². The number of ether oxygens (including phenoxy) is 1. The van der Waals surface area contributed by atoms with Crippen molar-refractivity contribution in [3.05, 3.63) is 47.9 Å². The predicted molar refractivity (Wildman–Crippen MR) is 79.3 cm³/mol. The minimum atomic E-state index is -0.767. The van der Waals surface area contributed by atoms with Gasteiger partial charge in [0.05, 0.1) is 12.1 Å². The van der Waals surface area contributed by atoms with Gasteiger partial charge in [-0.05, 0) is 31.0 Å². The third kappa shape index (κ3) is 3.44. The number of nitrogens with one attached hydrogen (secondary N) is 2. The van der Waals surface area contributed by atoms with Crippen LogP contribution >= 0.6 is 0 Å². The van der Waals surface area contributed by atoms with Crippen molar-refractivity contribution < 1.29 is 18.7 Å². The summed E-state index contributed by atoms with van der Waals surface area (Å²) in [5, 5.41) is 5.16. The molecule has 2 amide bonds. The molecule has 0 saturated carbocycles. The molecule has 3 unspecified atom stereocenters. The van der Waals surface area contributed by atoms with Gasteiger partial charge in [-0.1, -0.05) is 25.6 Å². The van der Waals surface area contributed by atoms with E-state index in [0.717, 1.165) is 0 Å². The predicted octanol–water partition coefficient (Wildman–Crippen LogP) is 2.65. The number of hydrogen-bond acceptors (Lipinski definition) is 3. The zero-order chi connectivity index (χ0) is 16.3. The first-order valence-corrected chi connectivity index (χ1v) is 7.14. The fraction of sp³-hybridized carbons (Fsp3) is 0.375. The lowest BCUT2D eigenvalue weighted by Gasteiger charge is -2.33. The molecule has 1 saturated heterocycles. The quantitative estimate of drug-likeness (QED) is 0.840. The molecule has 1 aliphatic heterocycles. The third-order valence-corrected chi connectivity index (χ3v) is 3.64. The number of carbonyl (C=O) groups is 2. The maximum absolute atomic E-state index is 13.1. The minimum absolute atomic E-state index is 0.230. The highest BCUT2D eigenvalue weighted by atomic mass is 19.1. The van der Waals surface area contributed by atoms with E-state index < -0.39 is 24.0 Å². The Morgan fingerprint density at radius 2 is 2.05 bits per heavy atom. The summed E-state index contributed by atoms with van der Waals surface area (Å²) in [5.74, 6) is -1.63. The van der Waals surface area contributed by atoms with Crippen LogP contribution in [-0.4, -0.2) is 18.1 Å². The van der Waals surface area contributed by atoms with Gasteiger partial charge in [-0.25, -0.2) is 9.18 Å². The lowest BCUT2D eigenvalue weighted by molar-refractivity contribution is -0.153. The van der Waals surface area contributed by atoms with Gasteiger partial charge in [-0.15, -0.1) is 0 Å². The first-order chi connectivity index (χ1) is 10.4. The second-order valence-corrected chi connectivity index (χ2v) is 5.29. The molecule has 2 N–H and O–H groups in total. The maximum Gasteiger partial charge on any atom is 0.319 e. The molecule has 1 fully saturated rings. The largest absolute Gasteiger partial charge is 0.462 e. The van der Waals surface area contributed by atoms with Crippen molar-refractivity contribution in [3.63, 3.8) is 0 Å². The van der Waals surface area contributed by atoms with Gasteiger partial charge in [0.2, 0.25) is 0 Å². The van der Waals surface area contributed by atoms with E-state index in [2.05, 4.69) is 17.2 Å². The Hall–Kier alpha value is -2.37. The number of esters is 1. The molecule has 118 valence electrons. The Morgan fingerprint density at radius 1 is 1.41 bits per heavy atom. The topological polar surface area (TPSA) is 67.4 Å². The van der Waals surface area contributed by atoms with Crippen LogP contribution in [0.4, 0.5) is 9.18 Å². The molecule has 1 aromatic rings. The number of carbonyl (C=O) groups excluding carboxylic acids is 2. The number of benzene rings is 1. The van der Waals surface area contributed by atoms with Crippen molar-refractivity contribution in [2.45, 2.75) is 32.4 Å². The van der Waals surface area contributed by atoms with Crippen molar-refractivity contribution in [2.24, 2.45) is 5.92 Å². The number of amides is 2. The summed E-state index contributed by atoms with van der Waals surface area (Å²) >= 11 is 0. The van der Waals surface area contributed by atoms with Crippen LogP contribution in [0.15, 0.2) is 36.5 Å². The van der Waals surface area contributed by atoms with Crippen molar-refractivity contribution in [1.29, 1.82) is 0 Å². The second kappa shape index (κ2) is 6.60. The molecule has 3 atom stereocenters. The van der Waals surface area contributed by atoms with Gasteiger partial charge in [0.25, 0.3) is 0 Å². The molecule has 1 aliphatic rings. The Bertz CT molecular complexity index is 586. The van der Waals surface area contributed by atoms with Crippen LogP contribution in [0.5, 0.6) is 0 Å². The van der Waals surface area contributed by atoms with Crippen molar-refractivity contribution in [3.8, 4) is 0 Å². The van der Waals surface area contributed by atoms with E-state index in [4.69, 9.17) is 4.74 Å². The summed E-state index contributed by atoms with van der Waals surface area (Å²) in [6.45, 7) is 7.45. The third-order valence-electron chi connectivity index (χ3n) is 3.64. The van der Waals surface area contributed by atoms with Crippen LogP contribution in [0.1, 0.15) is 31.9 Å². The molecule has 0 aromatic heterocycles. The van der Waals surface area contributed by atoms with Crippen molar-refractivity contribution in [2.75, 3.05) is 0 Å². The lowest BCUT2D eigenvalue weighted by atomic mass is 9.89. The van der Waals surface area contributed by atoms with Crippen LogP contribution in [0.2, 0.25) is 0 Å².